The zero-order valence-electron chi connectivity index (χ0n) is 16.7. The third-order valence-corrected chi connectivity index (χ3v) is 5.82. The van der Waals surface area contributed by atoms with E-state index >= 15 is 0 Å². The number of likely N-dealkylation sites (N-methyl/N-ethyl adjacent to an activating group) is 1. The van der Waals surface area contributed by atoms with Crippen LogP contribution < -0.4 is 16.0 Å². The summed E-state index contributed by atoms with van der Waals surface area (Å²) in [5.41, 5.74) is 0.563. The Morgan fingerprint density at radius 2 is 2.00 bits per heavy atom. The van der Waals surface area contributed by atoms with Crippen molar-refractivity contribution in [1.29, 1.82) is 0 Å². The third-order valence-electron chi connectivity index (χ3n) is 5.82. The Morgan fingerprint density at radius 1 is 1.31 bits per heavy atom. The Morgan fingerprint density at radius 3 is 2.62 bits per heavy atom. The van der Waals surface area contributed by atoms with Gasteiger partial charge in [-0.3, -0.25) is 9.59 Å². The van der Waals surface area contributed by atoms with Crippen molar-refractivity contribution < 1.29 is 24.2 Å². The smallest absolute Gasteiger partial charge is 0.407 e. The molecule has 158 valence electrons. The van der Waals surface area contributed by atoms with Crippen molar-refractivity contribution in [3.8, 4) is 0 Å². The lowest BCUT2D eigenvalue weighted by atomic mass is 9.71. The molecule has 0 saturated carbocycles. The summed E-state index contributed by atoms with van der Waals surface area (Å²) in [6.45, 7) is 3.75. The van der Waals surface area contributed by atoms with Gasteiger partial charge in [0.1, 0.15) is 6.04 Å². The molecule has 2 saturated heterocycles. The fourth-order valence-electron chi connectivity index (χ4n) is 4.06. The largest absolute Gasteiger partial charge is 0.465 e. The number of nitrogens with one attached hydrogen (secondary N) is 3. The summed E-state index contributed by atoms with van der Waals surface area (Å²) >= 11 is 0. The van der Waals surface area contributed by atoms with Crippen molar-refractivity contribution in [1.82, 2.24) is 20.9 Å². The first-order valence-corrected chi connectivity index (χ1v) is 9.72. The quantitative estimate of drug-likeness (QED) is 0.509. The number of rotatable bonds is 7. The molecule has 3 rings (SSSR count). The van der Waals surface area contributed by atoms with Crippen LogP contribution in [-0.2, 0) is 20.9 Å². The molecule has 9 heteroatoms. The number of carbonyl (C=O) groups is 3. The van der Waals surface area contributed by atoms with Crippen LogP contribution in [0.1, 0.15) is 12.5 Å². The van der Waals surface area contributed by atoms with Gasteiger partial charge in [0, 0.05) is 38.6 Å². The number of carbonyl (C=O) groups excluding carboxylic acids is 2. The van der Waals surface area contributed by atoms with Gasteiger partial charge in [-0.2, -0.15) is 0 Å². The number of likely N-dealkylation sites (tertiary alicyclic amines) is 1. The fourth-order valence-corrected chi connectivity index (χ4v) is 4.06. The number of ether oxygens (including phenoxy) is 1. The van der Waals surface area contributed by atoms with Gasteiger partial charge >= 0.3 is 6.09 Å². The highest BCUT2D eigenvalue weighted by molar-refractivity contribution is 5.89. The number of benzene rings is 1. The van der Waals surface area contributed by atoms with Gasteiger partial charge in [-0.25, -0.2) is 4.79 Å². The zero-order chi connectivity index (χ0) is 21.0. The molecule has 0 aromatic heterocycles. The molecule has 29 heavy (non-hydrogen) atoms. The minimum atomic E-state index is -0.979. The monoisotopic (exact) mass is 404 g/mol. The highest BCUT2D eigenvalue weighted by atomic mass is 16.5. The molecular weight excluding hydrogens is 376 g/mol. The summed E-state index contributed by atoms with van der Waals surface area (Å²) in [4.78, 5) is 37.8. The molecule has 1 unspecified atom stereocenters. The summed E-state index contributed by atoms with van der Waals surface area (Å²) in [5.74, 6) is -0.991. The number of hydrogen-bond donors (Lipinski definition) is 4. The summed E-state index contributed by atoms with van der Waals surface area (Å²) < 4.78 is 5.84. The first-order valence-electron chi connectivity index (χ1n) is 9.72. The van der Waals surface area contributed by atoms with Gasteiger partial charge in [0.05, 0.1) is 18.6 Å². The van der Waals surface area contributed by atoms with E-state index in [2.05, 4.69) is 16.0 Å². The average Bonchev–Trinajstić information content (AvgIpc) is 3.14. The molecule has 0 bridgehead atoms. The minimum Gasteiger partial charge on any atom is -0.465 e. The van der Waals surface area contributed by atoms with E-state index in [-0.39, 0.29) is 11.8 Å². The number of carboxylic acid groups (broad SMARTS) is 1. The molecule has 9 nitrogen and oxygen atoms in total. The van der Waals surface area contributed by atoms with Crippen LogP contribution in [-0.4, -0.2) is 73.3 Å². The van der Waals surface area contributed by atoms with Crippen molar-refractivity contribution in [2.75, 3.05) is 33.2 Å². The van der Waals surface area contributed by atoms with E-state index in [4.69, 9.17) is 9.84 Å². The van der Waals surface area contributed by atoms with Crippen LogP contribution in [0.15, 0.2) is 30.3 Å². The first kappa shape index (κ1) is 21.1. The molecule has 2 heterocycles. The van der Waals surface area contributed by atoms with Crippen LogP contribution in [0, 0.1) is 11.3 Å². The predicted octanol–water partition coefficient (Wildman–Crippen LogP) is 0.0219. The molecule has 1 aromatic carbocycles. The second kappa shape index (κ2) is 8.79. The first-order chi connectivity index (χ1) is 13.9. The molecule has 2 aliphatic heterocycles. The Balaban J connectivity index is 1.62. The van der Waals surface area contributed by atoms with Gasteiger partial charge in [0.15, 0.2) is 0 Å². The van der Waals surface area contributed by atoms with E-state index in [0.29, 0.717) is 32.8 Å². The van der Waals surface area contributed by atoms with Gasteiger partial charge in [0.2, 0.25) is 11.8 Å². The van der Waals surface area contributed by atoms with Gasteiger partial charge in [-0.1, -0.05) is 30.3 Å². The number of nitrogens with zero attached hydrogens (tertiary/aromatic N) is 1. The van der Waals surface area contributed by atoms with Crippen molar-refractivity contribution >= 4 is 17.9 Å². The maximum Gasteiger partial charge on any atom is 0.407 e. The topological polar surface area (TPSA) is 120 Å². The van der Waals surface area contributed by atoms with Crippen molar-refractivity contribution in [2.24, 2.45) is 11.3 Å². The summed E-state index contributed by atoms with van der Waals surface area (Å²) in [7, 11) is 1.51. The van der Waals surface area contributed by atoms with E-state index in [1.165, 1.54) is 11.9 Å². The molecule has 2 aliphatic rings. The second-order valence-corrected chi connectivity index (χ2v) is 7.79. The lowest BCUT2D eigenvalue weighted by Crippen LogP contribution is -2.65. The summed E-state index contributed by atoms with van der Waals surface area (Å²) in [6.07, 6.45) is -1.52. The van der Waals surface area contributed by atoms with Crippen LogP contribution >= 0.6 is 0 Å². The van der Waals surface area contributed by atoms with Crippen LogP contribution in [0.5, 0.6) is 0 Å². The number of hydrogen-bond acceptors (Lipinski definition) is 5. The van der Waals surface area contributed by atoms with Crippen LogP contribution in [0.3, 0.4) is 0 Å². The molecule has 2 fully saturated rings. The average molecular weight is 404 g/mol. The second-order valence-electron chi connectivity index (χ2n) is 7.79. The molecule has 1 spiro atoms. The summed E-state index contributed by atoms with van der Waals surface area (Å²) in [5, 5.41) is 17.7. The molecule has 0 radical (unpaired) electrons. The van der Waals surface area contributed by atoms with E-state index in [1.54, 1.807) is 6.92 Å². The highest BCUT2D eigenvalue weighted by Crippen LogP contribution is 2.40. The van der Waals surface area contributed by atoms with Crippen molar-refractivity contribution in [3.63, 3.8) is 0 Å². The lowest BCUT2D eigenvalue weighted by molar-refractivity contribution is -0.138. The van der Waals surface area contributed by atoms with Crippen LogP contribution in [0.2, 0.25) is 0 Å². The standard InChI is InChI=1S/C20H28N4O5/c1-13(29-9-14-6-4-3-5-7-14)16(18(26)21-2)23-17(25)15-8-22-10-20(15)11-24(12-20)19(27)28/h3-7,13,15-16,22H,8-12H2,1-2H3,(H,21,26)(H,23,25)(H,27,28)/t13-,15?,16+/m1/s1. The minimum absolute atomic E-state index is 0.260. The van der Waals surface area contributed by atoms with Crippen LogP contribution in [0.4, 0.5) is 4.79 Å². The van der Waals surface area contributed by atoms with Crippen LogP contribution in [0.25, 0.3) is 0 Å². The predicted molar refractivity (Wildman–Crippen MR) is 105 cm³/mol. The van der Waals surface area contributed by atoms with Gasteiger partial charge in [-0.15, -0.1) is 0 Å². The fraction of sp³-hybridized carbons (Fsp3) is 0.550. The van der Waals surface area contributed by atoms with E-state index in [9.17, 15) is 14.4 Å². The lowest BCUT2D eigenvalue weighted by Gasteiger charge is -2.49. The van der Waals surface area contributed by atoms with Gasteiger partial charge in [0.25, 0.3) is 0 Å². The maximum absolute atomic E-state index is 13.0. The molecule has 3 amide bonds. The van der Waals surface area contributed by atoms with Crippen molar-refractivity contribution in [3.05, 3.63) is 35.9 Å². The SMILES string of the molecule is CNC(=O)[C@@H](NC(=O)C1CNCC12CN(C(=O)O)C2)[C@@H](C)OCc1ccccc1. The normalized spacial score (nSPS) is 21.9. The van der Waals surface area contributed by atoms with Gasteiger partial charge < -0.3 is 30.7 Å². The number of amides is 3. The Hall–Kier alpha value is -2.65. The van der Waals surface area contributed by atoms with Gasteiger partial charge in [-0.05, 0) is 12.5 Å². The molecular formula is C20H28N4O5. The van der Waals surface area contributed by atoms with E-state index in [0.717, 1.165) is 5.56 Å². The Bertz CT molecular complexity index is 750. The summed E-state index contributed by atoms with van der Waals surface area (Å²) in [6, 6.07) is 8.75. The Kier molecular flexibility index (Phi) is 6.39. The molecule has 0 aliphatic carbocycles. The molecule has 3 atom stereocenters. The molecule has 4 N–H and O–H groups in total. The molecule has 1 aromatic rings. The zero-order valence-corrected chi connectivity index (χ0v) is 16.7. The maximum atomic E-state index is 13.0. The third kappa shape index (κ3) is 4.51. The highest BCUT2D eigenvalue weighted by Gasteiger charge is 2.56. The Labute approximate surface area is 169 Å². The van der Waals surface area contributed by atoms with E-state index < -0.39 is 29.6 Å². The van der Waals surface area contributed by atoms with Crippen molar-refractivity contribution in [2.45, 2.75) is 25.7 Å². The van der Waals surface area contributed by atoms with E-state index in [1.807, 2.05) is 30.3 Å².